The molecule has 0 radical (unpaired) electrons. The van der Waals surface area contributed by atoms with Crippen LogP contribution in [-0.2, 0) is 7.05 Å². The molecule has 29 heavy (non-hydrogen) atoms. The second-order valence-electron chi connectivity index (χ2n) is 5.86. The summed E-state index contributed by atoms with van der Waals surface area (Å²) in [6.45, 7) is 0. The number of halogens is 1. The Labute approximate surface area is 174 Å². The number of hydrogen-bond acceptors (Lipinski definition) is 8. The van der Waals surface area contributed by atoms with Gasteiger partial charge in [0.1, 0.15) is 11.4 Å². The molecule has 0 fully saturated rings. The van der Waals surface area contributed by atoms with Gasteiger partial charge in [0.2, 0.25) is 5.13 Å². The maximum Gasteiger partial charge on any atom is 0.232 e. The molecule has 1 N–H and O–H groups in total. The van der Waals surface area contributed by atoms with E-state index >= 15 is 0 Å². The van der Waals surface area contributed by atoms with Crippen molar-refractivity contribution in [2.75, 3.05) is 0 Å². The molecular weight excluding hydrogens is 410 g/mol. The third-order valence-electron chi connectivity index (χ3n) is 3.87. The Hall–Kier alpha value is -3.43. The van der Waals surface area contributed by atoms with Crippen molar-refractivity contribution >= 4 is 44.6 Å². The van der Waals surface area contributed by atoms with Crippen LogP contribution in [0.25, 0.3) is 11.3 Å². The molecule has 0 aliphatic carbocycles. The molecule has 0 saturated heterocycles. The second-order valence-corrected chi connectivity index (χ2v) is 7.23. The Morgan fingerprint density at radius 2 is 1.83 bits per heavy atom. The highest BCUT2D eigenvalue weighted by Gasteiger charge is 2.13. The van der Waals surface area contributed by atoms with Crippen molar-refractivity contribution in [3.8, 4) is 17.0 Å². The molecule has 10 heteroatoms. The van der Waals surface area contributed by atoms with E-state index in [0.717, 1.165) is 5.56 Å². The second kappa shape index (κ2) is 8.29. The molecule has 0 aliphatic rings. The van der Waals surface area contributed by atoms with Crippen LogP contribution in [0.2, 0.25) is 5.02 Å². The third kappa shape index (κ3) is 4.36. The van der Waals surface area contributed by atoms with Gasteiger partial charge in [-0.15, -0.1) is 20.5 Å². The van der Waals surface area contributed by atoms with E-state index in [1.54, 1.807) is 30.1 Å². The lowest BCUT2D eigenvalue weighted by Gasteiger charge is -1.97. The minimum Gasteiger partial charge on any atom is -0.506 e. The highest BCUT2D eigenvalue weighted by atomic mass is 35.5. The molecule has 144 valence electrons. The SMILES string of the molecule is Cn1nccc1N=Nc1sc(N=Nc2ccc(O)c(Cl)c2)nc1-c1ccccc1. The van der Waals surface area contributed by atoms with Crippen molar-refractivity contribution in [1.82, 2.24) is 14.8 Å². The van der Waals surface area contributed by atoms with Crippen molar-refractivity contribution in [1.29, 1.82) is 0 Å². The van der Waals surface area contributed by atoms with Gasteiger partial charge in [0.15, 0.2) is 10.8 Å². The minimum atomic E-state index is -0.0101. The first-order valence-corrected chi connectivity index (χ1v) is 9.66. The van der Waals surface area contributed by atoms with Gasteiger partial charge in [-0.1, -0.05) is 53.3 Å². The monoisotopic (exact) mass is 423 g/mol. The van der Waals surface area contributed by atoms with Crippen LogP contribution in [0.3, 0.4) is 0 Å². The number of azo groups is 2. The van der Waals surface area contributed by atoms with Crippen LogP contribution in [0.15, 0.2) is 81.3 Å². The maximum atomic E-state index is 9.51. The average Bonchev–Trinajstić information content (AvgIpc) is 3.33. The molecule has 0 saturated carbocycles. The van der Waals surface area contributed by atoms with E-state index in [2.05, 4.69) is 30.5 Å². The van der Waals surface area contributed by atoms with E-state index in [4.69, 9.17) is 11.6 Å². The maximum absolute atomic E-state index is 9.51. The van der Waals surface area contributed by atoms with E-state index in [1.807, 2.05) is 30.3 Å². The standard InChI is InChI=1S/C19H14ClN7OS/c1-27-16(9-10-21-27)24-25-18-17(12-5-3-2-4-6-12)22-19(29-18)26-23-13-7-8-15(28)14(20)11-13/h2-11,28H,1H3. The predicted octanol–water partition coefficient (Wildman–Crippen LogP) is 6.73. The normalized spacial score (nSPS) is 11.7. The Balaban J connectivity index is 1.69. The Kier molecular flexibility index (Phi) is 5.41. The van der Waals surface area contributed by atoms with Crippen LogP contribution in [0.5, 0.6) is 5.75 Å². The Bertz CT molecular complexity index is 1200. The van der Waals surface area contributed by atoms with Crippen molar-refractivity contribution in [3.05, 3.63) is 65.8 Å². The fourth-order valence-electron chi connectivity index (χ4n) is 2.42. The number of nitrogens with zero attached hydrogens (tertiary/aromatic N) is 7. The summed E-state index contributed by atoms with van der Waals surface area (Å²) < 4.78 is 1.63. The molecule has 4 rings (SSSR count). The first-order valence-electron chi connectivity index (χ1n) is 8.46. The summed E-state index contributed by atoms with van der Waals surface area (Å²) in [5.74, 6) is 0.614. The molecule has 8 nitrogen and oxygen atoms in total. The number of hydrogen-bond donors (Lipinski definition) is 1. The third-order valence-corrected chi connectivity index (χ3v) is 4.99. The zero-order chi connectivity index (χ0) is 20.2. The van der Waals surface area contributed by atoms with Gasteiger partial charge < -0.3 is 5.11 Å². The lowest BCUT2D eigenvalue weighted by atomic mass is 10.2. The predicted molar refractivity (Wildman–Crippen MR) is 112 cm³/mol. The molecule has 2 aromatic heterocycles. The first kappa shape index (κ1) is 18.9. The molecule has 2 aromatic carbocycles. The average molecular weight is 424 g/mol. The molecule has 0 amide bonds. The Morgan fingerprint density at radius 3 is 2.55 bits per heavy atom. The largest absolute Gasteiger partial charge is 0.506 e. The summed E-state index contributed by atoms with van der Waals surface area (Å²) in [5.41, 5.74) is 2.07. The van der Waals surface area contributed by atoms with Crippen molar-refractivity contribution < 1.29 is 5.11 Å². The van der Waals surface area contributed by atoms with Gasteiger partial charge >= 0.3 is 0 Å². The molecule has 4 aromatic rings. The fraction of sp³-hybridized carbons (Fsp3) is 0.0526. The highest BCUT2D eigenvalue weighted by molar-refractivity contribution is 7.19. The van der Waals surface area contributed by atoms with Crippen molar-refractivity contribution in [3.63, 3.8) is 0 Å². The van der Waals surface area contributed by atoms with Gasteiger partial charge in [-0.3, -0.25) is 0 Å². The summed E-state index contributed by atoms with van der Waals surface area (Å²) in [6, 6.07) is 16.0. The van der Waals surface area contributed by atoms with Crippen LogP contribution in [0.4, 0.5) is 21.6 Å². The van der Waals surface area contributed by atoms with Gasteiger partial charge in [0, 0.05) is 18.7 Å². The van der Waals surface area contributed by atoms with E-state index < -0.39 is 0 Å². The van der Waals surface area contributed by atoms with E-state index in [9.17, 15) is 5.11 Å². The first-order chi connectivity index (χ1) is 14.1. The number of aromatic hydroxyl groups is 1. The zero-order valence-corrected chi connectivity index (χ0v) is 16.7. The smallest absolute Gasteiger partial charge is 0.232 e. The number of rotatable bonds is 5. The summed E-state index contributed by atoms with van der Waals surface area (Å²) in [5, 5.41) is 31.8. The highest BCUT2D eigenvalue weighted by Crippen LogP contribution is 2.40. The van der Waals surface area contributed by atoms with Gasteiger partial charge in [0.25, 0.3) is 0 Å². The molecule has 0 atom stereocenters. The van der Waals surface area contributed by atoms with Crippen molar-refractivity contribution in [2.24, 2.45) is 27.5 Å². The zero-order valence-electron chi connectivity index (χ0n) is 15.1. The minimum absolute atomic E-state index is 0.0101. The number of aromatic nitrogens is 3. The number of aryl methyl sites for hydroxylation is 1. The molecule has 0 unspecified atom stereocenters. The van der Waals surface area contributed by atoms with Crippen LogP contribution < -0.4 is 0 Å². The molecular formula is C19H14ClN7OS. The van der Waals surface area contributed by atoms with Crippen LogP contribution in [-0.4, -0.2) is 19.9 Å². The fourth-order valence-corrected chi connectivity index (χ4v) is 3.32. The van der Waals surface area contributed by atoms with Gasteiger partial charge in [-0.05, 0) is 18.2 Å². The number of phenolic OH excluding ortho intramolecular Hbond substituents is 1. The van der Waals surface area contributed by atoms with Crippen molar-refractivity contribution in [2.45, 2.75) is 0 Å². The van der Waals surface area contributed by atoms with E-state index in [-0.39, 0.29) is 10.8 Å². The summed E-state index contributed by atoms with van der Waals surface area (Å²) in [4.78, 5) is 4.56. The Morgan fingerprint density at radius 1 is 1.00 bits per heavy atom. The lowest BCUT2D eigenvalue weighted by Crippen LogP contribution is -1.86. The quantitative estimate of drug-likeness (QED) is 0.360. The van der Waals surface area contributed by atoms with Gasteiger partial charge in [-0.2, -0.15) is 5.10 Å². The van der Waals surface area contributed by atoms with Crippen LogP contribution in [0.1, 0.15) is 0 Å². The van der Waals surface area contributed by atoms with Gasteiger partial charge in [-0.25, -0.2) is 9.67 Å². The summed E-state index contributed by atoms with van der Waals surface area (Å²) in [7, 11) is 1.79. The number of thiazole rings is 1. The van der Waals surface area contributed by atoms with E-state index in [1.165, 1.54) is 23.5 Å². The van der Waals surface area contributed by atoms with Gasteiger partial charge in [0.05, 0.1) is 16.9 Å². The lowest BCUT2D eigenvalue weighted by molar-refractivity contribution is 0.475. The number of phenols is 1. The van der Waals surface area contributed by atoms with Crippen LogP contribution in [0, 0.1) is 0 Å². The topological polar surface area (TPSA) is 100 Å². The number of benzene rings is 2. The molecule has 2 heterocycles. The van der Waals surface area contributed by atoms with E-state index in [0.29, 0.717) is 27.3 Å². The molecule has 0 spiro atoms. The summed E-state index contributed by atoms with van der Waals surface area (Å²) in [6.07, 6.45) is 1.65. The molecule has 0 bridgehead atoms. The van der Waals surface area contributed by atoms with Crippen LogP contribution >= 0.6 is 22.9 Å². The summed E-state index contributed by atoms with van der Waals surface area (Å²) >= 11 is 7.17. The molecule has 0 aliphatic heterocycles.